The number of carbonyl (C=O) groups excluding carboxylic acids is 16. The second kappa shape index (κ2) is 58.1. The number of carboxylic acid groups (broad SMARTS) is 5. The molecule has 44 nitrogen and oxygen atoms in total. The third-order valence-corrected chi connectivity index (χ3v) is 26.4. The minimum atomic E-state index is -2.18. The van der Waals surface area contributed by atoms with E-state index in [0.29, 0.717) is 46.9 Å². The molecule has 1 heterocycles. The van der Waals surface area contributed by atoms with Gasteiger partial charge < -0.3 is 122 Å². The Morgan fingerprint density at radius 1 is 0.423 bits per heavy atom. The summed E-state index contributed by atoms with van der Waals surface area (Å²) in [4.78, 5) is 301. The van der Waals surface area contributed by atoms with Gasteiger partial charge in [0.1, 0.15) is 90.6 Å². The first-order chi connectivity index (χ1) is 70.7. The lowest BCUT2D eigenvalue weighted by Gasteiger charge is -2.32. The van der Waals surface area contributed by atoms with Crippen LogP contribution >= 0.6 is 11.8 Å². The topological polar surface area (TPSA) is 709 Å². The number of carbonyl (C=O) groups is 21. The van der Waals surface area contributed by atoms with Crippen LogP contribution in [0.3, 0.4) is 0 Å². The molecule has 6 aromatic rings. The summed E-state index contributed by atoms with van der Waals surface area (Å²) in [5, 5.41) is 86.4. The molecule has 0 radical (unpaired) electrons. The third kappa shape index (κ3) is 38.0. The summed E-state index contributed by atoms with van der Waals surface area (Å²) in [7, 11) is 1.21. The summed E-state index contributed by atoms with van der Waals surface area (Å²) in [6.45, 7) is 10.2. The number of aryl methyl sites for hydroxylation is 1. The quantitative estimate of drug-likeness (QED) is 0.0287. The third-order valence-electron chi connectivity index (χ3n) is 25.3. The minimum absolute atomic E-state index is 0.0131. The van der Waals surface area contributed by atoms with Crippen LogP contribution in [0.2, 0.25) is 0 Å². The van der Waals surface area contributed by atoms with Crippen molar-refractivity contribution in [1.29, 1.82) is 0 Å². The van der Waals surface area contributed by atoms with Gasteiger partial charge in [0.2, 0.25) is 94.5 Å². The maximum Gasteiger partial charge on any atom is 0.335 e. The molecule has 15 atom stereocenters. The Labute approximate surface area is 864 Å². The van der Waals surface area contributed by atoms with Crippen LogP contribution in [0.5, 0.6) is 0 Å². The summed E-state index contributed by atoms with van der Waals surface area (Å²) in [5.74, 6) is -27.2. The molecule has 25 N–H and O–H groups in total. The number of benzene rings is 6. The van der Waals surface area contributed by atoms with Crippen molar-refractivity contribution in [2.75, 3.05) is 31.6 Å². The predicted molar refractivity (Wildman–Crippen MR) is 545 cm³/mol. The summed E-state index contributed by atoms with van der Waals surface area (Å²) in [5.41, 5.74) is 20.4. The van der Waals surface area contributed by atoms with E-state index in [2.05, 4.69) is 74.4 Å². The van der Waals surface area contributed by atoms with E-state index < -0.39 is 284 Å². The first kappa shape index (κ1) is 119. The molecule has 2 aliphatic rings. The molecule has 1 aliphatic heterocycles. The average Bonchev–Trinajstić information content (AvgIpc) is 0.837. The van der Waals surface area contributed by atoms with Crippen molar-refractivity contribution in [2.24, 2.45) is 35.0 Å². The van der Waals surface area contributed by atoms with Crippen LogP contribution in [0.25, 0.3) is 11.1 Å². The molecule has 0 unspecified atom stereocenters. The van der Waals surface area contributed by atoms with Gasteiger partial charge in [-0.3, -0.25) is 86.3 Å². The van der Waals surface area contributed by atoms with Gasteiger partial charge in [-0.1, -0.05) is 181 Å². The van der Waals surface area contributed by atoms with Crippen LogP contribution in [0.4, 0.5) is 0 Å². The number of nitrogens with one attached hydrogen (secondary N) is 14. The number of likely N-dealkylation sites (N-methyl/N-ethyl adjacent to an activating group) is 1. The first-order valence-electron chi connectivity index (χ1n) is 49.1. The largest absolute Gasteiger partial charge is 0.481 e. The molecular formula is C104H134N18O26S. The van der Waals surface area contributed by atoms with Gasteiger partial charge in [0.05, 0.1) is 28.9 Å². The van der Waals surface area contributed by atoms with Crippen molar-refractivity contribution in [3.05, 3.63) is 202 Å². The highest BCUT2D eigenvalue weighted by Gasteiger charge is 2.42. The fourth-order valence-corrected chi connectivity index (χ4v) is 17.7. The molecular weight excluding hydrogens is 1950 g/mol. The van der Waals surface area contributed by atoms with Gasteiger partial charge in [-0.05, 0) is 159 Å². The van der Waals surface area contributed by atoms with Crippen molar-refractivity contribution in [2.45, 2.75) is 248 Å². The van der Waals surface area contributed by atoms with Crippen LogP contribution in [0.15, 0.2) is 152 Å². The van der Waals surface area contributed by atoms with E-state index in [1.807, 2.05) is 30.3 Å². The maximum absolute atomic E-state index is 15.9. The fraction of sp³-hybridized carbons (Fsp3) is 0.452. The Morgan fingerprint density at radius 2 is 0.839 bits per heavy atom. The lowest BCUT2D eigenvalue weighted by Crippen LogP contribution is -2.62. The van der Waals surface area contributed by atoms with Gasteiger partial charge in [0, 0.05) is 51.3 Å². The van der Waals surface area contributed by atoms with Crippen LogP contribution in [0, 0.1) is 24.7 Å². The Bertz CT molecular complexity index is 5760. The molecule has 1 aliphatic carbocycles. The van der Waals surface area contributed by atoms with Gasteiger partial charge in [0.15, 0.2) is 0 Å². The zero-order valence-corrected chi connectivity index (χ0v) is 84.9. The molecule has 1 saturated carbocycles. The number of aromatic carboxylic acids is 3. The Balaban J connectivity index is 1.26. The number of carboxylic acids is 5. The first-order valence-corrected chi connectivity index (χ1v) is 50.2. The number of hydrogen-bond acceptors (Lipinski definition) is 24. The van der Waals surface area contributed by atoms with E-state index in [1.165, 1.54) is 95.4 Å². The smallest absolute Gasteiger partial charge is 0.335 e. The van der Waals surface area contributed by atoms with E-state index >= 15 is 38.4 Å². The molecule has 802 valence electrons. The van der Waals surface area contributed by atoms with Gasteiger partial charge in [-0.15, -0.1) is 11.8 Å². The van der Waals surface area contributed by atoms with E-state index in [4.69, 9.17) is 17.2 Å². The van der Waals surface area contributed by atoms with E-state index in [-0.39, 0.29) is 84.0 Å². The number of nitrogens with zero attached hydrogens (tertiary/aromatic N) is 1. The monoisotopic (exact) mass is 2080 g/mol. The van der Waals surface area contributed by atoms with Crippen molar-refractivity contribution in [1.82, 2.24) is 79.3 Å². The van der Waals surface area contributed by atoms with Crippen LogP contribution in [0.1, 0.15) is 183 Å². The van der Waals surface area contributed by atoms with E-state index in [9.17, 15) is 87.9 Å². The Morgan fingerprint density at radius 3 is 1.31 bits per heavy atom. The van der Waals surface area contributed by atoms with Crippen molar-refractivity contribution in [3.8, 4) is 11.1 Å². The zero-order valence-electron chi connectivity index (χ0n) is 84.1. The molecule has 6 aromatic carbocycles. The predicted octanol–water partition coefficient (Wildman–Crippen LogP) is 0.866. The van der Waals surface area contributed by atoms with Crippen LogP contribution in [-0.4, -0.2) is 277 Å². The average molecular weight is 2080 g/mol. The highest BCUT2D eigenvalue weighted by molar-refractivity contribution is 8.00. The molecule has 8 rings (SSSR count). The van der Waals surface area contributed by atoms with Gasteiger partial charge >= 0.3 is 29.8 Å². The number of primary amides is 1. The summed E-state index contributed by atoms with van der Waals surface area (Å²) >= 11 is 0.644. The fourth-order valence-electron chi connectivity index (χ4n) is 16.9. The molecule has 0 bridgehead atoms. The molecule has 45 heteroatoms. The summed E-state index contributed by atoms with van der Waals surface area (Å²) in [6.07, 6.45) is -2.13. The standard InChI is InChI=1S/C104H134N18O26S/c1-55(2)44-74-92(133)110-73(41-43-106)91(132)114-78(46-60-17-11-9-12-18-60)98(139)121-86(56(3)4)100(141)111-72(38-39-84(124)125)90(131)120-82(99(140)109-71(40-42-105)87(107)128)53-149-54-83(123)108-58(6)88(129)112-75(47-62-24-32-68(33-25-62)102(143)144)93(134)118-80(52-85(126)127)97(138)117-79(51-65-19-15-16-57(5)45-65)95(136)115-76(49-63-26-34-69(35-27-63)103(145)146)94(135)116-77(48-61-22-30-67(31-23-61)66-20-13-10-14-21-66)96(137)119-81(101(142)122(8)59(7)89(130)113-74)50-64-28-36-70(37-29-64)104(147)148/h10,13-16,19-37,45,55-56,58-60,71-82,86H,9,11-12,17-18,38-44,46-54,105-106H2,1-8H3,(H2,107,128)(H,108,123)(H,109,140)(H,110,133)(H,111,141)(H,112,129)(H,113,130)(H,114,132)(H,115,136)(H,116,135)(H,117,138)(H,118,134)(H,119,137)(H,120,131)(H,121,139)(H,124,125)(H,126,127)(H,143,144)(H,145,146)(H,147,148)/t58-,59-,71-,72-,73-,74+,75-,76-,77-,78-,79-,80-,81-,82-,86-/m0/s1. The second-order valence-electron chi connectivity index (χ2n) is 37.9. The summed E-state index contributed by atoms with van der Waals surface area (Å²) in [6, 6.07) is 11.9. The van der Waals surface area contributed by atoms with Gasteiger partial charge in [-0.25, -0.2) is 14.4 Å². The number of amides is 16. The Hall–Kier alpha value is -15.5. The molecule has 0 aromatic heterocycles. The van der Waals surface area contributed by atoms with Crippen molar-refractivity contribution in [3.63, 3.8) is 0 Å². The van der Waals surface area contributed by atoms with E-state index in [0.717, 1.165) is 41.9 Å². The molecule has 16 amide bonds. The van der Waals surface area contributed by atoms with Crippen LogP contribution in [-0.2, 0) is 118 Å². The molecule has 1 saturated heterocycles. The Kier molecular flexibility index (Phi) is 46.3. The lowest BCUT2D eigenvalue weighted by molar-refractivity contribution is -0.142. The van der Waals surface area contributed by atoms with E-state index in [1.54, 1.807) is 69.3 Å². The number of nitrogens with two attached hydrogens (primary N) is 3. The highest BCUT2D eigenvalue weighted by atomic mass is 32.2. The van der Waals surface area contributed by atoms with Crippen molar-refractivity contribution >= 4 is 136 Å². The number of aliphatic carboxylic acids is 2. The van der Waals surface area contributed by atoms with Gasteiger partial charge in [0.25, 0.3) is 0 Å². The molecule has 2 fully saturated rings. The normalized spacial score (nSPS) is 22.8. The summed E-state index contributed by atoms with van der Waals surface area (Å²) < 4.78 is 0. The number of hydrogen-bond donors (Lipinski definition) is 22. The van der Waals surface area contributed by atoms with Crippen molar-refractivity contribution < 1.29 is 126 Å². The number of rotatable bonds is 31. The van der Waals surface area contributed by atoms with Crippen LogP contribution < -0.4 is 91.6 Å². The molecule has 0 spiro atoms. The van der Waals surface area contributed by atoms with Gasteiger partial charge in [-0.2, -0.15) is 0 Å². The SMILES string of the molecule is Cc1cccc(C[C@@H]2NC(=O)[C@H](CC(=O)O)NC(=O)[C@H](Cc3ccc(C(=O)O)cc3)NC(=O)[C@H](C)NC(=O)CSC[C@@H](C(=O)N[C@@H](CCN)C(N)=O)NC(=O)[C@H](CCC(=O)O)NC(=O)[C@H](C(C)C)NC(=O)[C@H](CC3CCCCC3)NC(=O)[C@H](CCN)NC(=O)[C@@H](CC(C)C)NC(=O)[C@H](C)N(C)C(=O)[C@H](Cc3ccc(C(=O)O)cc3)NC(=O)[C@H](Cc3ccc(-c4ccccc4)cc3)NC(=O)[C@H](Cc3ccc(C(=O)O)cc3)NC2=O)c1. The maximum atomic E-state index is 15.9. The lowest BCUT2D eigenvalue weighted by atomic mass is 9.84. The highest BCUT2D eigenvalue weighted by Crippen LogP contribution is 2.29. The zero-order chi connectivity index (χ0) is 110. The molecule has 149 heavy (non-hydrogen) atoms. The number of thioether (sulfide) groups is 1. The minimum Gasteiger partial charge on any atom is -0.481 e. The second-order valence-corrected chi connectivity index (χ2v) is 39.0.